The van der Waals surface area contributed by atoms with Gasteiger partial charge in [0.05, 0.1) is 13.2 Å². The van der Waals surface area contributed by atoms with Gasteiger partial charge in [0.1, 0.15) is 5.75 Å². The summed E-state index contributed by atoms with van der Waals surface area (Å²) in [7, 11) is 3.81. The van der Waals surface area contributed by atoms with Crippen LogP contribution in [0.1, 0.15) is 25.0 Å². The molecule has 1 aliphatic rings. The Hall–Kier alpha value is -1.26. The summed E-state index contributed by atoms with van der Waals surface area (Å²) < 4.78 is 5.39. The van der Waals surface area contributed by atoms with Crippen molar-refractivity contribution >= 4 is 5.69 Å². The van der Waals surface area contributed by atoms with E-state index in [0.29, 0.717) is 0 Å². The van der Waals surface area contributed by atoms with Gasteiger partial charge >= 0.3 is 0 Å². The first-order valence-electron chi connectivity index (χ1n) is 6.92. The standard InChI is InChI=1S/C15H24N2O2/c1-12(18)15-13(6-4-7-14(15)19-3)17-9-5-8-16(2)10-11-17/h4,6-7,12,18H,5,8-11H2,1-3H3/t12-/m1/s1. The van der Waals surface area contributed by atoms with E-state index in [0.717, 1.165) is 49.6 Å². The molecule has 4 heteroatoms. The van der Waals surface area contributed by atoms with E-state index < -0.39 is 6.10 Å². The van der Waals surface area contributed by atoms with Gasteiger partial charge in [-0.15, -0.1) is 0 Å². The summed E-state index contributed by atoms with van der Waals surface area (Å²) in [5.74, 6) is 0.769. The van der Waals surface area contributed by atoms with Crippen molar-refractivity contribution in [2.75, 3.05) is 45.2 Å². The molecule has 0 bridgehead atoms. The first-order chi connectivity index (χ1) is 9.13. The minimum absolute atomic E-state index is 0.521. The second kappa shape index (κ2) is 6.26. The maximum atomic E-state index is 10.1. The maximum absolute atomic E-state index is 10.1. The summed E-state index contributed by atoms with van der Waals surface area (Å²) in [6, 6.07) is 5.99. The van der Waals surface area contributed by atoms with Gasteiger partial charge in [0.25, 0.3) is 0 Å². The molecule has 0 saturated carbocycles. The lowest BCUT2D eigenvalue weighted by Crippen LogP contribution is -2.29. The molecule has 0 spiro atoms. The largest absolute Gasteiger partial charge is 0.496 e. The van der Waals surface area contributed by atoms with E-state index in [4.69, 9.17) is 4.74 Å². The van der Waals surface area contributed by atoms with Gasteiger partial charge in [-0.3, -0.25) is 0 Å². The first-order valence-corrected chi connectivity index (χ1v) is 6.92. The molecule has 1 aliphatic heterocycles. The van der Waals surface area contributed by atoms with Crippen LogP contribution in [0.15, 0.2) is 18.2 Å². The number of benzene rings is 1. The highest BCUT2D eigenvalue weighted by atomic mass is 16.5. The number of nitrogens with zero attached hydrogens (tertiary/aromatic N) is 2. The predicted molar refractivity (Wildman–Crippen MR) is 78.0 cm³/mol. The number of anilines is 1. The summed E-state index contributed by atoms with van der Waals surface area (Å²) in [5.41, 5.74) is 2.00. The highest BCUT2D eigenvalue weighted by Gasteiger charge is 2.20. The van der Waals surface area contributed by atoms with Gasteiger partial charge in [-0.25, -0.2) is 0 Å². The molecule has 0 radical (unpaired) electrons. The Balaban J connectivity index is 2.32. The van der Waals surface area contributed by atoms with Crippen molar-refractivity contribution in [1.82, 2.24) is 4.90 Å². The summed E-state index contributed by atoms with van der Waals surface area (Å²) >= 11 is 0. The molecule has 1 fully saturated rings. The van der Waals surface area contributed by atoms with Crippen molar-refractivity contribution in [2.45, 2.75) is 19.4 Å². The van der Waals surface area contributed by atoms with Crippen molar-refractivity contribution in [2.24, 2.45) is 0 Å². The SMILES string of the molecule is COc1cccc(N2CCCN(C)CC2)c1[C@@H](C)O. The van der Waals surface area contributed by atoms with Crippen molar-refractivity contribution in [3.05, 3.63) is 23.8 Å². The van der Waals surface area contributed by atoms with Gasteiger partial charge in [-0.2, -0.15) is 0 Å². The number of likely N-dealkylation sites (N-methyl/N-ethyl adjacent to an activating group) is 1. The van der Waals surface area contributed by atoms with Crippen molar-refractivity contribution in [1.29, 1.82) is 0 Å². The van der Waals surface area contributed by atoms with E-state index >= 15 is 0 Å². The molecule has 1 heterocycles. The Bertz CT molecular complexity index is 421. The van der Waals surface area contributed by atoms with Crippen molar-refractivity contribution in [3.8, 4) is 5.75 Å². The number of hydrogen-bond acceptors (Lipinski definition) is 4. The van der Waals surface area contributed by atoms with Crippen LogP contribution >= 0.6 is 0 Å². The van der Waals surface area contributed by atoms with Crippen LogP contribution in [0.4, 0.5) is 5.69 Å². The topological polar surface area (TPSA) is 35.9 Å². The number of aliphatic hydroxyl groups excluding tert-OH is 1. The van der Waals surface area contributed by atoms with Crippen LogP contribution in [0.25, 0.3) is 0 Å². The lowest BCUT2D eigenvalue weighted by Gasteiger charge is -2.27. The fourth-order valence-electron chi connectivity index (χ4n) is 2.69. The molecule has 2 rings (SSSR count). The summed E-state index contributed by atoms with van der Waals surface area (Å²) in [4.78, 5) is 4.70. The zero-order valence-corrected chi connectivity index (χ0v) is 12.1. The molecule has 0 unspecified atom stereocenters. The number of aliphatic hydroxyl groups is 1. The van der Waals surface area contributed by atoms with E-state index in [1.54, 1.807) is 14.0 Å². The molecule has 0 amide bonds. The Morgan fingerprint density at radius 1 is 1.21 bits per heavy atom. The first kappa shape index (κ1) is 14.2. The average Bonchev–Trinajstić information content (AvgIpc) is 2.62. The van der Waals surface area contributed by atoms with Crippen molar-refractivity contribution in [3.63, 3.8) is 0 Å². The van der Waals surface area contributed by atoms with E-state index in [1.807, 2.05) is 12.1 Å². The van der Waals surface area contributed by atoms with E-state index in [2.05, 4.69) is 22.9 Å². The lowest BCUT2D eigenvalue weighted by atomic mass is 10.1. The molecular formula is C15H24N2O2. The van der Waals surface area contributed by atoms with Gasteiger partial charge in [0, 0.05) is 30.9 Å². The zero-order chi connectivity index (χ0) is 13.8. The van der Waals surface area contributed by atoms with E-state index in [-0.39, 0.29) is 0 Å². The summed E-state index contributed by atoms with van der Waals surface area (Å²) in [5, 5.41) is 10.1. The van der Waals surface area contributed by atoms with Crippen LogP contribution in [0, 0.1) is 0 Å². The third-order valence-electron chi connectivity index (χ3n) is 3.74. The van der Waals surface area contributed by atoms with Gasteiger partial charge in [0.15, 0.2) is 0 Å². The predicted octanol–water partition coefficient (Wildman–Crippen LogP) is 1.89. The molecular weight excluding hydrogens is 240 g/mol. The molecule has 0 aromatic heterocycles. The number of ether oxygens (including phenoxy) is 1. The zero-order valence-electron chi connectivity index (χ0n) is 12.1. The minimum atomic E-state index is -0.521. The number of methoxy groups -OCH3 is 1. The van der Waals surface area contributed by atoms with Gasteiger partial charge in [-0.1, -0.05) is 6.07 Å². The lowest BCUT2D eigenvalue weighted by molar-refractivity contribution is 0.194. The van der Waals surface area contributed by atoms with E-state index in [1.165, 1.54) is 0 Å². The summed E-state index contributed by atoms with van der Waals surface area (Å²) in [6.45, 7) is 5.99. The van der Waals surface area contributed by atoms with Crippen LogP contribution in [0.3, 0.4) is 0 Å². The fourth-order valence-corrected chi connectivity index (χ4v) is 2.69. The summed E-state index contributed by atoms with van der Waals surface area (Å²) in [6.07, 6.45) is 0.625. The molecule has 1 N–H and O–H groups in total. The Kier molecular flexibility index (Phi) is 4.66. The second-order valence-electron chi connectivity index (χ2n) is 5.21. The minimum Gasteiger partial charge on any atom is -0.496 e. The van der Waals surface area contributed by atoms with Crippen LogP contribution in [-0.4, -0.2) is 50.3 Å². The molecule has 1 atom stereocenters. The third kappa shape index (κ3) is 3.19. The number of rotatable bonds is 3. The monoisotopic (exact) mass is 264 g/mol. The molecule has 1 aromatic rings. The van der Waals surface area contributed by atoms with Crippen LogP contribution in [-0.2, 0) is 0 Å². The van der Waals surface area contributed by atoms with Crippen LogP contribution in [0.5, 0.6) is 5.75 Å². The Morgan fingerprint density at radius 2 is 2.00 bits per heavy atom. The van der Waals surface area contributed by atoms with Crippen LogP contribution < -0.4 is 9.64 Å². The smallest absolute Gasteiger partial charge is 0.126 e. The van der Waals surface area contributed by atoms with Gasteiger partial charge < -0.3 is 19.6 Å². The molecule has 1 aromatic carbocycles. The van der Waals surface area contributed by atoms with Crippen molar-refractivity contribution < 1.29 is 9.84 Å². The number of hydrogen-bond donors (Lipinski definition) is 1. The van der Waals surface area contributed by atoms with Gasteiger partial charge in [-0.05, 0) is 39.1 Å². The molecule has 106 valence electrons. The van der Waals surface area contributed by atoms with E-state index in [9.17, 15) is 5.11 Å². The highest BCUT2D eigenvalue weighted by molar-refractivity contribution is 5.60. The maximum Gasteiger partial charge on any atom is 0.126 e. The fraction of sp³-hybridized carbons (Fsp3) is 0.600. The Morgan fingerprint density at radius 3 is 2.68 bits per heavy atom. The van der Waals surface area contributed by atoms with Crippen LogP contribution in [0.2, 0.25) is 0 Å². The third-order valence-corrected chi connectivity index (χ3v) is 3.74. The average molecular weight is 264 g/mol. The highest BCUT2D eigenvalue weighted by Crippen LogP contribution is 2.34. The molecule has 19 heavy (non-hydrogen) atoms. The second-order valence-corrected chi connectivity index (χ2v) is 5.21. The normalized spacial score (nSPS) is 19.1. The quantitative estimate of drug-likeness (QED) is 0.904. The molecule has 0 aliphatic carbocycles. The Labute approximate surface area is 115 Å². The molecule has 4 nitrogen and oxygen atoms in total. The molecule has 1 saturated heterocycles. The van der Waals surface area contributed by atoms with Gasteiger partial charge in [0.2, 0.25) is 0 Å².